The van der Waals surface area contributed by atoms with Crippen LogP contribution in [-0.4, -0.2) is 13.1 Å². The standard InChI is InChI=1S/C11H10FNO2/c1-3-9-8(6-13)4-7(5-10(9)12)11(14)15-2/h4-5H,3H2,1-2H3. The molecule has 0 spiro atoms. The van der Waals surface area contributed by atoms with Crippen LogP contribution in [0.1, 0.15) is 28.4 Å². The highest BCUT2D eigenvalue weighted by Crippen LogP contribution is 2.17. The molecule has 0 fully saturated rings. The second-order valence-corrected chi connectivity index (χ2v) is 2.94. The lowest BCUT2D eigenvalue weighted by Crippen LogP contribution is -2.04. The molecule has 1 aromatic carbocycles. The molecular weight excluding hydrogens is 197 g/mol. The molecule has 0 N–H and O–H groups in total. The van der Waals surface area contributed by atoms with Gasteiger partial charge in [0.05, 0.1) is 24.3 Å². The summed E-state index contributed by atoms with van der Waals surface area (Å²) in [6.45, 7) is 1.75. The van der Waals surface area contributed by atoms with E-state index in [0.717, 1.165) is 6.07 Å². The van der Waals surface area contributed by atoms with Crippen molar-refractivity contribution in [2.75, 3.05) is 7.11 Å². The lowest BCUT2D eigenvalue weighted by molar-refractivity contribution is 0.0600. The highest BCUT2D eigenvalue weighted by Gasteiger charge is 2.13. The van der Waals surface area contributed by atoms with E-state index in [-0.39, 0.29) is 11.1 Å². The molecule has 4 heteroatoms. The summed E-state index contributed by atoms with van der Waals surface area (Å²) in [6.07, 6.45) is 0.413. The Morgan fingerprint density at radius 3 is 2.73 bits per heavy atom. The summed E-state index contributed by atoms with van der Waals surface area (Å²) in [4.78, 5) is 11.1. The number of hydrogen-bond donors (Lipinski definition) is 0. The van der Waals surface area contributed by atoms with Crippen molar-refractivity contribution in [3.8, 4) is 6.07 Å². The Bertz CT molecular complexity index is 435. The smallest absolute Gasteiger partial charge is 0.337 e. The molecule has 15 heavy (non-hydrogen) atoms. The second-order valence-electron chi connectivity index (χ2n) is 2.94. The van der Waals surface area contributed by atoms with Crippen molar-refractivity contribution in [3.05, 3.63) is 34.6 Å². The van der Waals surface area contributed by atoms with Crippen LogP contribution in [-0.2, 0) is 11.2 Å². The molecule has 0 saturated heterocycles. The summed E-state index contributed by atoms with van der Waals surface area (Å²) in [7, 11) is 1.21. The first-order valence-corrected chi connectivity index (χ1v) is 4.44. The zero-order valence-corrected chi connectivity index (χ0v) is 8.50. The number of nitriles is 1. The SMILES string of the molecule is CCc1c(F)cc(C(=O)OC)cc1C#N. The lowest BCUT2D eigenvalue weighted by atomic mass is 10.0. The minimum Gasteiger partial charge on any atom is -0.465 e. The Morgan fingerprint density at radius 1 is 1.60 bits per heavy atom. The zero-order valence-electron chi connectivity index (χ0n) is 8.50. The molecule has 0 radical (unpaired) electrons. The molecule has 1 rings (SSSR count). The molecule has 0 unspecified atom stereocenters. The van der Waals surface area contributed by atoms with E-state index >= 15 is 0 Å². The quantitative estimate of drug-likeness (QED) is 0.697. The predicted molar refractivity (Wildman–Crippen MR) is 51.8 cm³/mol. The highest BCUT2D eigenvalue weighted by atomic mass is 19.1. The normalized spacial score (nSPS) is 9.47. The summed E-state index contributed by atoms with van der Waals surface area (Å²) in [5.41, 5.74) is 0.562. The van der Waals surface area contributed by atoms with E-state index in [2.05, 4.69) is 4.74 Å². The maximum absolute atomic E-state index is 13.4. The van der Waals surface area contributed by atoms with Crippen molar-refractivity contribution in [1.82, 2.24) is 0 Å². The van der Waals surface area contributed by atoms with Crippen molar-refractivity contribution in [1.29, 1.82) is 5.26 Å². The molecule has 0 aliphatic carbocycles. The van der Waals surface area contributed by atoms with E-state index in [9.17, 15) is 9.18 Å². The third kappa shape index (κ3) is 2.13. The van der Waals surface area contributed by atoms with E-state index in [0.29, 0.717) is 12.0 Å². The summed E-state index contributed by atoms with van der Waals surface area (Å²) in [5.74, 6) is -1.19. The first-order valence-electron chi connectivity index (χ1n) is 4.44. The van der Waals surface area contributed by atoms with Crippen molar-refractivity contribution < 1.29 is 13.9 Å². The van der Waals surface area contributed by atoms with E-state index < -0.39 is 11.8 Å². The average Bonchev–Trinajstić information content (AvgIpc) is 2.26. The van der Waals surface area contributed by atoms with Gasteiger partial charge in [0.25, 0.3) is 0 Å². The van der Waals surface area contributed by atoms with Crippen LogP contribution in [0.5, 0.6) is 0 Å². The van der Waals surface area contributed by atoms with Gasteiger partial charge in [0.2, 0.25) is 0 Å². The number of benzene rings is 1. The van der Waals surface area contributed by atoms with Gasteiger partial charge in [-0.1, -0.05) is 6.92 Å². The number of carbonyl (C=O) groups is 1. The molecule has 0 bridgehead atoms. The summed E-state index contributed by atoms with van der Waals surface area (Å²) < 4.78 is 17.9. The number of nitrogens with zero attached hydrogens (tertiary/aromatic N) is 1. The number of rotatable bonds is 2. The van der Waals surface area contributed by atoms with Gasteiger partial charge in [0.15, 0.2) is 0 Å². The molecule has 0 aromatic heterocycles. The van der Waals surface area contributed by atoms with Crippen LogP contribution in [0.3, 0.4) is 0 Å². The van der Waals surface area contributed by atoms with Crippen LogP contribution in [0.15, 0.2) is 12.1 Å². The van der Waals surface area contributed by atoms with E-state index in [1.807, 2.05) is 6.07 Å². The summed E-state index contributed by atoms with van der Waals surface area (Å²) >= 11 is 0. The minimum atomic E-state index is -0.645. The van der Waals surface area contributed by atoms with Crippen LogP contribution < -0.4 is 0 Å². The number of ether oxygens (including phenoxy) is 1. The Balaban J connectivity index is 3.33. The van der Waals surface area contributed by atoms with Gasteiger partial charge < -0.3 is 4.74 Å². The predicted octanol–water partition coefficient (Wildman–Crippen LogP) is 2.05. The monoisotopic (exact) mass is 207 g/mol. The third-order valence-electron chi connectivity index (χ3n) is 2.09. The number of esters is 1. The molecule has 0 heterocycles. The molecule has 3 nitrogen and oxygen atoms in total. The maximum Gasteiger partial charge on any atom is 0.337 e. The Labute approximate surface area is 87.1 Å². The number of methoxy groups -OCH3 is 1. The van der Waals surface area contributed by atoms with Crippen LogP contribution in [0.2, 0.25) is 0 Å². The van der Waals surface area contributed by atoms with Crippen LogP contribution in [0.25, 0.3) is 0 Å². The number of carbonyl (C=O) groups excluding carboxylic acids is 1. The van der Waals surface area contributed by atoms with Gasteiger partial charge in [0, 0.05) is 5.56 Å². The summed E-state index contributed by atoms with van der Waals surface area (Å²) in [6, 6.07) is 4.29. The highest BCUT2D eigenvalue weighted by molar-refractivity contribution is 5.89. The van der Waals surface area contributed by atoms with Crippen LogP contribution >= 0.6 is 0 Å². The number of hydrogen-bond acceptors (Lipinski definition) is 3. The van der Waals surface area contributed by atoms with Gasteiger partial charge in [-0.2, -0.15) is 5.26 Å². The second kappa shape index (κ2) is 4.56. The minimum absolute atomic E-state index is 0.0590. The molecule has 0 amide bonds. The topological polar surface area (TPSA) is 50.1 Å². The molecule has 0 saturated carbocycles. The van der Waals surface area contributed by atoms with E-state index in [1.54, 1.807) is 6.92 Å². The molecule has 78 valence electrons. The fourth-order valence-electron chi connectivity index (χ4n) is 1.33. The molecular formula is C11H10FNO2. The number of halogens is 1. The zero-order chi connectivity index (χ0) is 11.4. The Morgan fingerprint density at radius 2 is 2.27 bits per heavy atom. The molecule has 1 aromatic rings. The van der Waals surface area contributed by atoms with E-state index in [1.165, 1.54) is 13.2 Å². The summed E-state index contributed by atoms with van der Waals surface area (Å²) in [5, 5.41) is 8.78. The van der Waals surface area contributed by atoms with Gasteiger partial charge >= 0.3 is 5.97 Å². The van der Waals surface area contributed by atoms with Gasteiger partial charge in [-0.25, -0.2) is 9.18 Å². The fourth-order valence-corrected chi connectivity index (χ4v) is 1.33. The first kappa shape index (κ1) is 11.2. The van der Waals surface area contributed by atoms with Gasteiger partial charge in [-0.3, -0.25) is 0 Å². The molecule has 0 atom stereocenters. The van der Waals surface area contributed by atoms with Crippen molar-refractivity contribution >= 4 is 5.97 Å². The molecule has 0 aliphatic rings. The van der Waals surface area contributed by atoms with Crippen LogP contribution in [0.4, 0.5) is 4.39 Å². The van der Waals surface area contributed by atoms with E-state index in [4.69, 9.17) is 5.26 Å². The van der Waals surface area contributed by atoms with Crippen molar-refractivity contribution in [2.45, 2.75) is 13.3 Å². The van der Waals surface area contributed by atoms with Gasteiger partial charge in [-0.05, 0) is 18.6 Å². The fraction of sp³-hybridized carbons (Fsp3) is 0.273. The Hall–Kier alpha value is -1.89. The first-order chi connectivity index (χ1) is 7.13. The van der Waals surface area contributed by atoms with Gasteiger partial charge in [-0.15, -0.1) is 0 Å². The largest absolute Gasteiger partial charge is 0.465 e. The van der Waals surface area contributed by atoms with Crippen molar-refractivity contribution in [2.24, 2.45) is 0 Å². The van der Waals surface area contributed by atoms with Crippen molar-refractivity contribution in [3.63, 3.8) is 0 Å². The van der Waals surface area contributed by atoms with Crippen LogP contribution in [0, 0.1) is 17.1 Å². The van der Waals surface area contributed by atoms with Gasteiger partial charge in [0.1, 0.15) is 5.82 Å². The Kier molecular flexibility index (Phi) is 3.40. The third-order valence-corrected chi connectivity index (χ3v) is 2.09. The maximum atomic E-state index is 13.4. The lowest BCUT2D eigenvalue weighted by Gasteiger charge is -2.05. The average molecular weight is 207 g/mol. The molecule has 0 aliphatic heterocycles.